The fourth-order valence-corrected chi connectivity index (χ4v) is 4.96. The molecule has 0 bridgehead atoms. The van der Waals surface area contributed by atoms with Crippen LogP contribution < -0.4 is 0 Å². The highest BCUT2D eigenvalue weighted by molar-refractivity contribution is 6.12. The SMILES string of the molecule is CCCCc1ccc2oc3c(-c4ccc5[nH]c6ccccc6c5c4)cc(CC)cc3c2c1. The minimum atomic E-state index is 0.975. The second-order valence-corrected chi connectivity index (χ2v) is 8.84. The van der Waals surface area contributed by atoms with Crippen molar-refractivity contribution in [3.05, 3.63) is 83.9 Å². The molecule has 2 nitrogen and oxygen atoms in total. The Kier molecular flexibility index (Phi) is 4.53. The summed E-state index contributed by atoms with van der Waals surface area (Å²) in [6.07, 6.45) is 4.55. The molecule has 1 N–H and O–H groups in total. The van der Waals surface area contributed by atoms with Crippen molar-refractivity contribution in [2.24, 2.45) is 0 Å². The third-order valence-electron chi connectivity index (χ3n) is 6.74. The highest BCUT2D eigenvalue weighted by atomic mass is 16.3. The fraction of sp³-hybridized carbons (Fsp3) is 0.200. The normalized spacial score (nSPS) is 11.9. The maximum Gasteiger partial charge on any atom is 0.143 e. The molecule has 32 heavy (non-hydrogen) atoms. The van der Waals surface area contributed by atoms with Gasteiger partial charge in [-0.25, -0.2) is 0 Å². The Balaban J connectivity index is 1.60. The van der Waals surface area contributed by atoms with Crippen LogP contribution in [0.4, 0.5) is 0 Å². The lowest BCUT2D eigenvalue weighted by atomic mass is 9.96. The number of aromatic amines is 1. The Morgan fingerprint density at radius 1 is 0.719 bits per heavy atom. The van der Waals surface area contributed by atoms with Crippen LogP contribution in [0.3, 0.4) is 0 Å². The molecular weight excluding hydrogens is 390 g/mol. The van der Waals surface area contributed by atoms with Crippen LogP contribution in [0.25, 0.3) is 54.9 Å². The van der Waals surface area contributed by atoms with Gasteiger partial charge in [-0.2, -0.15) is 0 Å². The van der Waals surface area contributed by atoms with Crippen molar-refractivity contribution in [3.8, 4) is 11.1 Å². The molecule has 0 aliphatic heterocycles. The second kappa shape index (κ2) is 7.56. The van der Waals surface area contributed by atoms with Crippen LogP contribution in [0.1, 0.15) is 37.8 Å². The minimum absolute atomic E-state index is 0.975. The van der Waals surface area contributed by atoms with E-state index >= 15 is 0 Å². The van der Waals surface area contributed by atoms with E-state index in [1.165, 1.54) is 67.7 Å². The average molecular weight is 418 g/mol. The average Bonchev–Trinajstić information content (AvgIpc) is 3.39. The second-order valence-electron chi connectivity index (χ2n) is 8.84. The van der Waals surface area contributed by atoms with E-state index in [1.54, 1.807) is 0 Å². The number of furan rings is 1. The molecule has 2 heterocycles. The van der Waals surface area contributed by atoms with Crippen molar-refractivity contribution < 1.29 is 4.42 Å². The summed E-state index contributed by atoms with van der Waals surface area (Å²) in [5.74, 6) is 0. The number of benzene rings is 4. The van der Waals surface area contributed by atoms with Gasteiger partial charge < -0.3 is 9.40 Å². The highest BCUT2D eigenvalue weighted by Gasteiger charge is 2.15. The van der Waals surface area contributed by atoms with Crippen LogP contribution in [0.5, 0.6) is 0 Å². The van der Waals surface area contributed by atoms with Crippen molar-refractivity contribution in [1.82, 2.24) is 4.98 Å². The molecule has 0 atom stereocenters. The number of H-pyrrole nitrogens is 1. The molecular formula is C30H27NO. The Hall–Kier alpha value is -3.52. The van der Waals surface area contributed by atoms with Crippen LogP contribution in [0, 0.1) is 0 Å². The highest BCUT2D eigenvalue weighted by Crippen LogP contribution is 2.39. The number of aromatic nitrogens is 1. The van der Waals surface area contributed by atoms with Gasteiger partial charge >= 0.3 is 0 Å². The largest absolute Gasteiger partial charge is 0.455 e. The molecule has 0 saturated carbocycles. The molecule has 2 heteroatoms. The van der Waals surface area contributed by atoms with E-state index < -0.39 is 0 Å². The monoisotopic (exact) mass is 417 g/mol. The van der Waals surface area contributed by atoms with Gasteiger partial charge in [0.05, 0.1) is 0 Å². The summed E-state index contributed by atoms with van der Waals surface area (Å²) in [4.78, 5) is 3.54. The zero-order chi connectivity index (χ0) is 21.7. The summed E-state index contributed by atoms with van der Waals surface area (Å²) in [6, 6.07) is 26.6. The number of nitrogens with one attached hydrogen (secondary N) is 1. The first kappa shape index (κ1) is 19.2. The molecule has 0 unspecified atom stereocenters. The third kappa shape index (κ3) is 3.02. The predicted octanol–water partition coefficient (Wildman–Crippen LogP) is 8.79. The van der Waals surface area contributed by atoms with Gasteiger partial charge in [0.2, 0.25) is 0 Å². The number of hydrogen-bond acceptors (Lipinski definition) is 1. The summed E-state index contributed by atoms with van der Waals surface area (Å²) < 4.78 is 6.47. The van der Waals surface area contributed by atoms with Crippen molar-refractivity contribution >= 4 is 43.7 Å². The molecule has 0 amide bonds. The zero-order valence-corrected chi connectivity index (χ0v) is 18.7. The van der Waals surface area contributed by atoms with E-state index in [4.69, 9.17) is 4.42 Å². The van der Waals surface area contributed by atoms with Crippen LogP contribution in [-0.2, 0) is 12.8 Å². The lowest BCUT2D eigenvalue weighted by molar-refractivity contribution is 0.669. The molecule has 158 valence electrons. The van der Waals surface area contributed by atoms with E-state index in [0.29, 0.717) is 0 Å². The molecule has 0 aliphatic carbocycles. The molecule has 2 aromatic heterocycles. The molecule has 4 aromatic carbocycles. The van der Waals surface area contributed by atoms with Gasteiger partial charge in [0.1, 0.15) is 11.2 Å². The molecule has 0 saturated heterocycles. The first-order valence-corrected chi connectivity index (χ1v) is 11.7. The Bertz CT molecular complexity index is 1600. The molecule has 6 aromatic rings. The molecule has 0 radical (unpaired) electrons. The first-order chi connectivity index (χ1) is 15.7. The smallest absolute Gasteiger partial charge is 0.143 e. The summed E-state index contributed by atoms with van der Waals surface area (Å²) in [5.41, 5.74) is 9.43. The van der Waals surface area contributed by atoms with E-state index in [-0.39, 0.29) is 0 Å². The summed E-state index contributed by atoms with van der Waals surface area (Å²) in [7, 11) is 0. The van der Waals surface area contributed by atoms with Gasteiger partial charge in [0.25, 0.3) is 0 Å². The summed E-state index contributed by atoms with van der Waals surface area (Å²) in [6.45, 7) is 4.47. The molecule has 6 rings (SSSR count). The van der Waals surface area contributed by atoms with E-state index in [2.05, 4.69) is 91.6 Å². The Morgan fingerprint density at radius 2 is 1.56 bits per heavy atom. The standard InChI is InChI=1S/C30H27NO/c1-3-5-8-20-11-14-29-25(17-20)26-16-19(4-2)15-23(30(26)32-29)21-12-13-28-24(18-21)22-9-6-7-10-27(22)31-28/h6-7,9-18,31H,3-5,8H2,1-2H3. The maximum absolute atomic E-state index is 6.47. The van der Waals surface area contributed by atoms with Crippen molar-refractivity contribution in [1.29, 1.82) is 0 Å². The lowest BCUT2D eigenvalue weighted by Gasteiger charge is -2.07. The number of hydrogen-bond donors (Lipinski definition) is 1. The number of aryl methyl sites for hydroxylation is 2. The summed E-state index contributed by atoms with van der Waals surface area (Å²) >= 11 is 0. The first-order valence-electron chi connectivity index (χ1n) is 11.7. The van der Waals surface area contributed by atoms with Crippen LogP contribution in [0.15, 0.2) is 77.2 Å². The van der Waals surface area contributed by atoms with Gasteiger partial charge in [-0.05, 0) is 78.4 Å². The minimum Gasteiger partial charge on any atom is -0.455 e. The van der Waals surface area contributed by atoms with Crippen molar-refractivity contribution in [3.63, 3.8) is 0 Å². The maximum atomic E-state index is 6.47. The van der Waals surface area contributed by atoms with Gasteiger partial charge in [-0.15, -0.1) is 0 Å². The number of fused-ring (bicyclic) bond motifs is 6. The third-order valence-corrected chi connectivity index (χ3v) is 6.74. The summed E-state index contributed by atoms with van der Waals surface area (Å²) in [5, 5.41) is 4.98. The Labute approximate surface area is 187 Å². The van der Waals surface area contributed by atoms with Crippen LogP contribution in [0.2, 0.25) is 0 Å². The number of rotatable bonds is 5. The Morgan fingerprint density at radius 3 is 2.44 bits per heavy atom. The van der Waals surface area contributed by atoms with Crippen molar-refractivity contribution in [2.45, 2.75) is 39.5 Å². The quantitative estimate of drug-likeness (QED) is 0.298. The van der Waals surface area contributed by atoms with E-state index in [9.17, 15) is 0 Å². The molecule has 0 fully saturated rings. The topological polar surface area (TPSA) is 28.9 Å². The van der Waals surface area contributed by atoms with Crippen LogP contribution in [-0.4, -0.2) is 4.98 Å². The van der Waals surface area contributed by atoms with E-state index in [0.717, 1.165) is 24.0 Å². The number of para-hydroxylation sites is 1. The zero-order valence-electron chi connectivity index (χ0n) is 18.7. The number of unbranched alkanes of at least 4 members (excludes halogenated alkanes) is 1. The lowest BCUT2D eigenvalue weighted by Crippen LogP contribution is -1.86. The van der Waals surface area contributed by atoms with Gasteiger partial charge in [0.15, 0.2) is 0 Å². The molecule has 0 aliphatic rings. The van der Waals surface area contributed by atoms with Gasteiger partial charge in [-0.3, -0.25) is 0 Å². The van der Waals surface area contributed by atoms with Crippen LogP contribution >= 0.6 is 0 Å². The van der Waals surface area contributed by atoms with E-state index in [1.807, 2.05) is 0 Å². The predicted molar refractivity (Wildman–Crippen MR) is 137 cm³/mol. The molecule has 0 spiro atoms. The van der Waals surface area contributed by atoms with Gasteiger partial charge in [0, 0.05) is 38.1 Å². The van der Waals surface area contributed by atoms with Gasteiger partial charge in [-0.1, -0.05) is 50.6 Å². The fourth-order valence-electron chi connectivity index (χ4n) is 4.96. The van der Waals surface area contributed by atoms with Crippen molar-refractivity contribution in [2.75, 3.05) is 0 Å².